The summed E-state index contributed by atoms with van der Waals surface area (Å²) in [5, 5.41) is 10.5. The highest BCUT2D eigenvalue weighted by Gasteiger charge is 2.21. The Kier molecular flexibility index (Phi) is 6.88. The molecular formula is C26H23ClF2N4O3. The third kappa shape index (κ3) is 5.12. The molecule has 186 valence electrons. The average Bonchev–Trinajstić information content (AvgIpc) is 2.80. The van der Waals surface area contributed by atoms with Gasteiger partial charge in [-0.05, 0) is 57.5 Å². The highest BCUT2D eigenvalue weighted by molar-refractivity contribution is 6.32. The predicted molar refractivity (Wildman–Crippen MR) is 131 cm³/mol. The summed E-state index contributed by atoms with van der Waals surface area (Å²) in [6, 6.07) is 8.74. The number of pyridine rings is 2. The summed E-state index contributed by atoms with van der Waals surface area (Å²) in [6.07, 6.45) is 2.46. The topological polar surface area (TPSA) is 90.1 Å². The SMILES string of the molecule is Cc1cc(OCc2ncc(F)cc2F)c(Cl)cc1-n1c(C)c(-c2ccnc(C(C)(C)O)n2)ccc1=O. The fraction of sp³-hybridized carbons (Fsp3) is 0.231. The second-order valence-electron chi connectivity index (χ2n) is 8.77. The number of benzene rings is 1. The standard InChI is InChI=1S/C26H23ClF2N4O3/c1-14-9-23(36-13-21-19(29)10-16(28)12-31-21)18(27)11-22(14)33-15(2)17(5-6-24(33)34)20-7-8-30-25(32-20)26(3,4)35/h5-12,35H,13H2,1-4H3. The van der Waals surface area contributed by atoms with Gasteiger partial charge in [0.1, 0.15) is 29.5 Å². The normalized spacial score (nSPS) is 11.6. The predicted octanol–water partition coefficient (Wildman–Crippen LogP) is 5.04. The zero-order chi connectivity index (χ0) is 26.2. The van der Waals surface area contributed by atoms with Crippen LogP contribution in [0.3, 0.4) is 0 Å². The quantitative estimate of drug-likeness (QED) is 0.389. The van der Waals surface area contributed by atoms with Crippen molar-refractivity contribution in [2.75, 3.05) is 0 Å². The summed E-state index contributed by atoms with van der Waals surface area (Å²) >= 11 is 6.45. The number of ether oxygens (including phenoxy) is 1. The van der Waals surface area contributed by atoms with E-state index in [9.17, 15) is 18.7 Å². The van der Waals surface area contributed by atoms with E-state index in [1.807, 2.05) is 0 Å². The Morgan fingerprint density at radius 1 is 1.11 bits per heavy atom. The van der Waals surface area contributed by atoms with Crippen molar-refractivity contribution in [2.45, 2.75) is 39.9 Å². The molecule has 0 aliphatic carbocycles. The van der Waals surface area contributed by atoms with Crippen molar-refractivity contribution in [3.8, 4) is 22.7 Å². The summed E-state index contributed by atoms with van der Waals surface area (Å²) < 4.78 is 34.1. The largest absolute Gasteiger partial charge is 0.486 e. The van der Waals surface area contributed by atoms with E-state index in [1.165, 1.54) is 10.6 Å². The van der Waals surface area contributed by atoms with Crippen LogP contribution in [0.25, 0.3) is 16.9 Å². The van der Waals surface area contributed by atoms with Gasteiger partial charge in [0.2, 0.25) is 0 Å². The molecular weight excluding hydrogens is 490 g/mol. The van der Waals surface area contributed by atoms with Gasteiger partial charge in [0, 0.05) is 29.6 Å². The van der Waals surface area contributed by atoms with Gasteiger partial charge in [0.25, 0.3) is 5.56 Å². The minimum absolute atomic E-state index is 0.0655. The lowest BCUT2D eigenvalue weighted by Gasteiger charge is -2.19. The molecule has 1 N–H and O–H groups in total. The van der Waals surface area contributed by atoms with Crippen molar-refractivity contribution < 1.29 is 18.6 Å². The summed E-state index contributed by atoms with van der Waals surface area (Å²) in [6.45, 7) is 6.50. The second-order valence-corrected chi connectivity index (χ2v) is 9.18. The number of rotatable bonds is 6. The minimum Gasteiger partial charge on any atom is -0.486 e. The zero-order valence-corrected chi connectivity index (χ0v) is 20.8. The fourth-order valence-corrected chi connectivity index (χ4v) is 3.91. The molecule has 3 heterocycles. The van der Waals surface area contributed by atoms with Crippen LogP contribution in [0, 0.1) is 25.5 Å². The van der Waals surface area contributed by atoms with Crippen LogP contribution in [0.5, 0.6) is 5.75 Å². The maximum Gasteiger partial charge on any atom is 0.255 e. The Labute approximate surface area is 211 Å². The lowest BCUT2D eigenvalue weighted by atomic mass is 10.1. The van der Waals surface area contributed by atoms with Gasteiger partial charge in [-0.2, -0.15) is 0 Å². The number of aryl methyl sites for hydroxylation is 1. The highest BCUT2D eigenvalue weighted by atomic mass is 35.5. The molecule has 0 radical (unpaired) electrons. The van der Waals surface area contributed by atoms with Crippen molar-refractivity contribution in [3.05, 3.63) is 98.6 Å². The molecule has 0 aliphatic rings. The maximum absolute atomic E-state index is 13.9. The van der Waals surface area contributed by atoms with E-state index >= 15 is 0 Å². The summed E-state index contributed by atoms with van der Waals surface area (Å²) in [5.74, 6) is -1.09. The Bertz CT molecular complexity index is 1520. The lowest BCUT2D eigenvalue weighted by Crippen LogP contribution is -2.22. The first-order chi connectivity index (χ1) is 17.0. The molecule has 0 saturated heterocycles. The number of halogens is 3. The van der Waals surface area contributed by atoms with Crippen LogP contribution in [0.4, 0.5) is 8.78 Å². The molecule has 10 heteroatoms. The van der Waals surface area contributed by atoms with Gasteiger partial charge in [0.05, 0.1) is 22.6 Å². The Morgan fingerprint density at radius 2 is 1.86 bits per heavy atom. The van der Waals surface area contributed by atoms with E-state index in [2.05, 4.69) is 15.0 Å². The summed E-state index contributed by atoms with van der Waals surface area (Å²) in [4.78, 5) is 25.2. The monoisotopic (exact) mass is 512 g/mol. The van der Waals surface area contributed by atoms with Crippen LogP contribution < -0.4 is 10.3 Å². The average molecular weight is 513 g/mol. The molecule has 0 bridgehead atoms. The van der Waals surface area contributed by atoms with Crippen molar-refractivity contribution in [1.29, 1.82) is 0 Å². The Hall–Kier alpha value is -3.69. The fourth-order valence-electron chi connectivity index (χ4n) is 3.70. The van der Waals surface area contributed by atoms with Crippen LogP contribution in [0.1, 0.15) is 36.6 Å². The molecule has 1 aromatic carbocycles. The molecule has 7 nitrogen and oxygen atoms in total. The van der Waals surface area contributed by atoms with Crippen LogP contribution >= 0.6 is 11.6 Å². The van der Waals surface area contributed by atoms with E-state index in [4.69, 9.17) is 16.3 Å². The number of aliphatic hydroxyl groups is 1. The van der Waals surface area contributed by atoms with E-state index in [1.54, 1.807) is 58.2 Å². The van der Waals surface area contributed by atoms with E-state index in [-0.39, 0.29) is 34.5 Å². The third-order valence-corrected chi connectivity index (χ3v) is 5.85. The van der Waals surface area contributed by atoms with Gasteiger partial charge < -0.3 is 9.84 Å². The number of nitrogens with zero attached hydrogens (tertiary/aromatic N) is 4. The van der Waals surface area contributed by atoms with Crippen molar-refractivity contribution in [3.63, 3.8) is 0 Å². The molecule has 0 amide bonds. The Balaban J connectivity index is 1.72. The van der Waals surface area contributed by atoms with Crippen LogP contribution in [-0.2, 0) is 12.2 Å². The van der Waals surface area contributed by atoms with Crippen molar-refractivity contribution in [2.24, 2.45) is 0 Å². The first-order valence-electron chi connectivity index (χ1n) is 11.0. The lowest BCUT2D eigenvalue weighted by molar-refractivity contribution is 0.0688. The number of hydrogen-bond acceptors (Lipinski definition) is 6. The number of hydrogen-bond donors (Lipinski definition) is 1. The van der Waals surface area contributed by atoms with Crippen molar-refractivity contribution >= 4 is 11.6 Å². The molecule has 0 spiro atoms. The van der Waals surface area contributed by atoms with Crippen molar-refractivity contribution in [1.82, 2.24) is 19.5 Å². The number of aromatic nitrogens is 4. The van der Waals surface area contributed by atoms with E-state index in [0.717, 1.165) is 12.3 Å². The van der Waals surface area contributed by atoms with Crippen LogP contribution in [0.2, 0.25) is 5.02 Å². The van der Waals surface area contributed by atoms with Gasteiger partial charge in [-0.1, -0.05) is 11.6 Å². The Morgan fingerprint density at radius 3 is 2.56 bits per heavy atom. The van der Waals surface area contributed by atoms with Gasteiger partial charge >= 0.3 is 0 Å². The molecule has 3 aromatic heterocycles. The van der Waals surface area contributed by atoms with Crippen LogP contribution in [-0.4, -0.2) is 24.6 Å². The zero-order valence-electron chi connectivity index (χ0n) is 20.0. The molecule has 0 fully saturated rings. The van der Waals surface area contributed by atoms with E-state index < -0.39 is 17.2 Å². The first kappa shape index (κ1) is 25.4. The van der Waals surface area contributed by atoms with Gasteiger partial charge in [-0.3, -0.25) is 14.3 Å². The summed E-state index contributed by atoms with van der Waals surface area (Å²) in [5.41, 5.74) is 1.45. The molecule has 0 atom stereocenters. The molecule has 0 unspecified atom stereocenters. The van der Waals surface area contributed by atoms with Gasteiger partial charge in [-0.15, -0.1) is 0 Å². The molecule has 0 saturated carbocycles. The van der Waals surface area contributed by atoms with Gasteiger partial charge in [-0.25, -0.2) is 18.7 Å². The van der Waals surface area contributed by atoms with Crippen LogP contribution in [0.15, 0.2) is 53.6 Å². The minimum atomic E-state index is -1.23. The molecule has 4 rings (SSSR count). The smallest absolute Gasteiger partial charge is 0.255 e. The molecule has 36 heavy (non-hydrogen) atoms. The van der Waals surface area contributed by atoms with E-state index in [0.29, 0.717) is 28.2 Å². The third-order valence-electron chi connectivity index (χ3n) is 5.56. The second kappa shape index (κ2) is 9.75. The van der Waals surface area contributed by atoms with Gasteiger partial charge in [0.15, 0.2) is 11.6 Å². The first-order valence-corrected chi connectivity index (χ1v) is 11.4. The highest BCUT2D eigenvalue weighted by Crippen LogP contribution is 2.32. The summed E-state index contributed by atoms with van der Waals surface area (Å²) in [7, 11) is 0. The maximum atomic E-state index is 13.9. The molecule has 0 aliphatic heterocycles. The molecule has 4 aromatic rings.